The number of ether oxygens (including phenoxy) is 1. The molecule has 2 nitrogen and oxygen atoms in total. The van der Waals surface area contributed by atoms with E-state index in [1.165, 1.54) is 6.07 Å². The van der Waals surface area contributed by atoms with E-state index in [0.29, 0.717) is 22.7 Å². The second-order valence-corrected chi connectivity index (χ2v) is 4.49. The Morgan fingerprint density at radius 1 is 0.944 bits per heavy atom. The van der Waals surface area contributed by atoms with Crippen molar-refractivity contribution in [3.63, 3.8) is 0 Å². The lowest BCUT2D eigenvalue weighted by Crippen LogP contribution is -1.95. The topological polar surface area (TPSA) is 35.2 Å². The average Bonchev–Trinajstić information content (AvgIpc) is 2.31. The van der Waals surface area contributed by atoms with E-state index in [1.807, 2.05) is 26.0 Å². The second kappa shape index (κ2) is 4.69. The third-order valence-electron chi connectivity index (χ3n) is 2.98. The SMILES string of the molecule is Cc1cc(N)c(Oc2ccc(F)c(C)c2)cc1C. The zero-order valence-corrected chi connectivity index (χ0v) is 10.8. The van der Waals surface area contributed by atoms with Crippen LogP contribution in [0.5, 0.6) is 11.5 Å². The fraction of sp³-hybridized carbons (Fsp3) is 0.200. The van der Waals surface area contributed by atoms with Crippen LogP contribution in [-0.2, 0) is 0 Å². The number of rotatable bonds is 2. The maximum absolute atomic E-state index is 13.2. The third kappa shape index (κ3) is 2.45. The molecule has 0 amide bonds. The van der Waals surface area contributed by atoms with Crippen molar-refractivity contribution in [3.8, 4) is 11.5 Å². The molecule has 0 aliphatic heterocycles. The molecule has 2 N–H and O–H groups in total. The molecular weight excluding hydrogens is 229 g/mol. The summed E-state index contributed by atoms with van der Waals surface area (Å²) in [5.74, 6) is 0.948. The van der Waals surface area contributed by atoms with Crippen LogP contribution in [0.2, 0.25) is 0 Å². The van der Waals surface area contributed by atoms with Gasteiger partial charge in [-0.15, -0.1) is 0 Å². The number of anilines is 1. The van der Waals surface area contributed by atoms with Gasteiger partial charge in [0.25, 0.3) is 0 Å². The van der Waals surface area contributed by atoms with E-state index in [4.69, 9.17) is 10.5 Å². The first-order chi connectivity index (χ1) is 8.47. The maximum atomic E-state index is 13.2. The van der Waals surface area contributed by atoms with Gasteiger partial charge in [0.1, 0.15) is 11.6 Å². The minimum Gasteiger partial charge on any atom is -0.455 e. The normalized spacial score (nSPS) is 10.4. The van der Waals surface area contributed by atoms with Gasteiger partial charge in [-0.25, -0.2) is 4.39 Å². The summed E-state index contributed by atoms with van der Waals surface area (Å²) in [4.78, 5) is 0. The molecule has 0 spiro atoms. The van der Waals surface area contributed by atoms with E-state index in [1.54, 1.807) is 19.1 Å². The molecule has 0 bridgehead atoms. The summed E-state index contributed by atoms with van der Waals surface area (Å²) in [6, 6.07) is 8.41. The predicted molar refractivity (Wildman–Crippen MR) is 71.5 cm³/mol. The predicted octanol–water partition coefficient (Wildman–Crippen LogP) is 4.13. The van der Waals surface area contributed by atoms with Gasteiger partial charge in [0.15, 0.2) is 5.75 Å². The van der Waals surface area contributed by atoms with Crippen LogP contribution in [0.4, 0.5) is 10.1 Å². The van der Waals surface area contributed by atoms with E-state index in [2.05, 4.69) is 0 Å². The van der Waals surface area contributed by atoms with Crippen molar-refractivity contribution in [2.24, 2.45) is 0 Å². The summed E-state index contributed by atoms with van der Waals surface area (Å²) >= 11 is 0. The quantitative estimate of drug-likeness (QED) is 0.807. The number of aryl methyl sites for hydroxylation is 3. The Morgan fingerprint density at radius 2 is 1.61 bits per heavy atom. The van der Waals surface area contributed by atoms with Crippen LogP contribution >= 0.6 is 0 Å². The molecule has 2 aromatic carbocycles. The zero-order valence-electron chi connectivity index (χ0n) is 10.8. The molecule has 0 aromatic heterocycles. The molecule has 0 aliphatic rings. The molecule has 0 saturated heterocycles. The lowest BCUT2D eigenvalue weighted by Gasteiger charge is -2.11. The monoisotopic (exact) mass is 245 g/mol. The molecule has 0 saturated carbocycles. The van der Waals surface area contributed by atoms with Crippen LogP contribution in [-0.4, -0.2) is 0 Å². The van der Waals surface area contributed by atoms with Crippen molar-refractivity contribution >= 4 is 5.69 Å². The smallest absolute Gasteiger partial charge is 0.150 e. The number of halogens is 1. The Bertz CT molecular complexity index is 593. The molecule has 0 heterocycles. The Labute approximate surface area is 106 Å². The number of nitrogens with two attached hydrogens (primary N) is 1. The highest BCUT2D eigenvalue weighted by Gasteiger charge is 2.06. The van der Waals surface area contributed by atoms with Gasteiger partial charge in [-0.2, -0.15) is 0 Å². The maximum Gasteiger partial charge on any atom is 0.150 e. The molecule has 0 fully saturated rings. The number of benzene rings is 2. The fourth-order valence-electron chi connectivity index (χ4n) is 1.71. The molecular formula is C15H16FNO. The van der Waals surface area contributed by atoms with Crippen molar-refractivity contribution in [2.75, 3.05) is 5.73 Å². The van der Waals surface area contributed by atoms with Crippen LogP contribution in [0.1, 0.15) is 16.7 Å². The van der Waals surface area contributed by atoms with Crippen molar-refractivity contribution in [1.29, 1.82) is 0 Å². The minimum absolute atomic E-state index is 0.240. The summed E-state index contributed by atoms with van der Waals surface area (Å²) in [6.07, 6.45) is 0. The summed E-state index contributed by atoms with van der Waals surface area (Å²) < 4.78 is 18.8. The second-order valence-electron chi connectivity index (χ2n) is 4.49. The standard InChI is InChI=1S/C15H16FNO/c1-9-7-14(17)15(8-10(9)2)18-12-4-5-13(16)11(3)6-12/h4-8H,17H2,1-3H3. The first kappa shape index (κ1) is 12.4. The van der Waals surface area contributed by atoms with Crippen LogP contribution in [0.25, 0.3) is 0 Å². The first-order valence-corrected chi connectivity index (χ1v) is 5.78. The van der Waals surface area contributed by atoms with Gasteiger partial charge >= 0.3 is 0 Å². The van der Waals surface area contributed by atoms with Crippen LogP contribution < -0.4 is 10.5 Å². The van der Waals surface area contributed by atoms with Crippen LogP contribution in [0.15, 0.2) is 30.3 Å². The summed E-state index contributed by atoms with van der Waals surface area (Å²) in [5.41, 5.74) is 9.27. The van der Waals surface area contributed by atoms with E-state index in [9.17, 15) is 4.39 Å². The summed E-state index contributed by atoms with van der Waals surface area (Å²) in [6.45, 7) is 5.70. The molecule has 0 unspecified atom stereocenters. The number of nitrogen functional groups attached to an aromatic ring is 1. The highest BCUT2D eigenvalue weighted by molar-refractivity contribution is 5.57. The molecule has 0 radical (unpaired) electrons. The first-order valence-electron chi connectivity index (χ1n) is 5.78. The lowest BCUT2D eigenvalue weighted by atomic mass is 10.1. The van der Waals surface area contributed by atoms with E-state index in [-0.39, 0.29) is 5.82 Å². The van der Waals surface area contributed by atoms with Gasteiger partial charge in [0.05, 0.1) is 5.69 Å². The van der Waals surface area contributed by atoms with Crippen molar-refractivity contribution in [2.45, 2.75) is 20.8 Å². The number of hydrogen-bond acceptors (Lipinski definition) is 2. The van der Waals surface area contributed by atoms with Gasteiger partial charge in [-0.1, -0.05) is 0 Å². The molecule has 0 aliphatic carbocycles. The fourth-order valence-corrected chi connectivity index (χ4v) is 1.71. The van der Waals surface area contributed by atoms with Gasteiger partial charge < -0.3 is 10.5 Å². The highest BCUT2D eigenvalue weighted by atomic mass is 19.1. The van der Waals surface area contributed by atoms with Gasteiger partial charge in [-0.05, 0) is 67.8 Å². The Hall–Kier alpha value is -2.03. The van der Waals surface area contributed by atoms with Gasteiger partial charge in [-0.3, -0.25) is 0 Å². The Morgan fingerprint density at radius 3 is 2.28 bits per heavy atom. The molecule has 3 heteroatoms. The van der Waals surface area contributed by atoms with Crippen molar-refractivity contribution in [1.82, 2.24) is 0 Å². The number of hydrogen-bond donors (Lipinski definition) is 1. The molecule has 94 valence electrons. The van der Waals surface area contributed by atoms with Crippen molar-refractivity contribution < 1.29 is 9.13 Å². The largest absolute Gasteiger partial charge is 0.455 e. The minimum atomic E-state index is -0.240. The zero-order chi connectivity index (χ0) is 13.3. The Balaban J connectivity index is 2.34. The van der Waals surface area contributed by atoms with E-state index in [0.717, 1.165) is 11.1 Å². The van der Waals surface area contributed by atoms with E-state index < -0.39 is 0 Å². The third-order valence-corrected chi connectivity index (χ3v) is 2.98. The van der Waals surface area contributed by atoms with Crippen molar-refractivity contribution in [3.05, 3.63) is 52.8 Å². The highest BCUT2D eigenvalue weighted by Crippen LogP contribution is 2.30. The summed E-state index contributed by atoms with van der Waals surface area (Å²) in [7, 11) is 0. The van der Waals surface area contributed by atoms with Crippen LogP contribution in [0, 0.1) is 26.6 Å². The molecule has 0 atom stereocenters. The lowest BCUT2D eigenvalue weighted by molar-refractivity contribution is 0.481. The molecule has 2 rings (SSSR count). The van der Waals surface area contributed by atoms with Gasteiger partial charge in [0, 0.05) is 0 Å². The summed E-state index contributed by atoms with van der Waals surface area (Å²) in [5, 5.41) is 0. The average molecular weight is 245 g/mol. The molecule has 2 aromatic rings. The van der Waals surface area contributed by atoms with E-state index >= 15 is 0 Å². The molecule has 18 heavy (non-hydrogen) atoms. The van der Waals surface area contributed by atoms with Gasteiger partial charge in [0.2, 0.25) is 0 Å². The Kier molecular flexibility index (Phi) is 3.24. The van der Waals surface area contributed by atoms with Crippen LogP contribution in [0.3, 0.4) is 0 Å².